The van der Waals surface area contributed by atoms with E-state index in [1.807, 2.05) is 0 Å². The molecule has 0 radical (unpaired) electrons. The Labute approximate surface area is 68.4 Å². The van der Waals surface area contributed by atoms with Gasteiger partial charge in [0.2, 0.25) is 0 Å². The van der Waals surface area contributed by atoms with Crippen molar-refractivity contribution in [3.05, 3.63) is 12.5 Å². The third kappa shape index (κ3) is 1.10. The first-order valence-corrected chi connectivity index (χ1v) is 2.78. The van der Waals surface area contributed by atoms with Crippen LogP contribution in [0, 0.1) is 0 Å². The van der Waals surface area contributed by atoms with Gasteiger partial charge in [-0.15, -0.1) is 17.5 Å². The molecule has 0 atom stereocenters. The molecule has 2 rings (SSSR count). The molecule has 0 amide bonds. The zero-order valence-corrected chi connectivity index (χ0v) is 6.30. The first kappa shape index (κ1) is 7.74. The second-order valence-corrected chi connectivity index (χ2v) is 1.89. The zero-order chi connectivity index (χ0) is 6.97. The smallest absolute Gasteiger partial charge is 0.174 e. The number of rotatable bonds is 0. The van der Waals surface area contributed by atoms with Gasteiger partial charge in [-0.05, 0) is 0 Å². The Morgan fingerprint density at radius 1 is 1.45 bits per heavy atom. The Hall–Kier alpha value is -1.36. The van der Waals surface area contributed by atoms with Gasteiger partial charge in [-0.1, -0.05) is 0 Å². The number of anilines is 1. The van der Waals surface area contributed by atoms with Crippen LogP contribution in [0.15, 0.2) is 12.5 Å². The molecule has 58 valence electrons. The molecule has 0 aliphatic rings. The normalized spacial score (nSPS) is 9.45. The highest BCUT2D eigenvalue weighted by Crippen LogP contribution is 2.10. The fourth-order valence-corrected chi connectivity index (χ4v) is 0.803. The minimum absolute atomic E-state index is 0. The second-order valence-electron chi connectivity index (χ2n) is 1.89. The van der Waals surface area contributed by atoms with E-state index in [2.05, 4.69) is 20.2 Å². The van der Waals surface area contributed by atoms with E-state index in [1.54, 1.807) is 12.5 Å². The summed E-state index contributed by atoms with van der Waals surface area (Å²) in [5.41, 5.74) is 6.93. The van der Waals surface area contributed by atoms with E-state index < -0.39 is 0 Å². The van der Waals surface area contributed by atoms with E-state index in [9.17, 15) is 0 Å². The fraction of sp³-hybridized carbons (Fsp3) is 0. The van der Waals surface area contributed by atoms with Gasteiger partial charge in [0.15, 0.2) is 5.82 Å². The molecule has 0 bridgehead atoms. The van der Waals surface area contributed by atoms with Crippen LogP contribution in [0.2, 0.25) is 0 Å². The third-order valence-corrected chi connectivity index (χ3v) is 1.26. The van der Waals surface area contributed by atoms with Gasteiger partial charge in [-0.3, -0.25) is 0 Å². The summed E-state index contributed by atoms with van der Waals surface area (Å²) in [6.45, 7) is 0. The molecule has 2 aromatic rings. The van der Waals surface area contributed by atoms with Crippen molar-refractivity contribution in [1.82, 2.24) is 20.2 Å². The third-order valence-electron chi connectivity index (χ3n) is 1.26. The Morgan fingerprint density at radius 2 is 2.27 bits per heavy atom. The number of hydrogen-bond acceptors (Lipinski definition) is 4. The van der Waals surface area contributed by atoms with Crippen LogP contribution in [-0.2, 0) is 0 Å². The Bertz CT molecular complexity index is 356. The molecule has 0 fully saturated rings. The lowest BCUT2D eigenvalue weighted by Gasteiger charge is -1.88. The summed E-state index contributed by atoms with van der Waals surface area (Å²) in [7, 11) is 0. The number of H-pyrrole nitrogens is 1. The summed E-state index contributed by atoms with van der Waals surface area (Å²) < 4.78 is 0. The van der Waals surface area contributed by atoms with Gasteiger partial charge in [0.05, 0.1) is 18.0 Å². The number of halogens is 1. The minimum Gasteiger partial charge on any atom is -0.380 e. The van der Waals surface area contributed by atoms with Gasteiger partial charge in [-0.2, -0.15) is 5.10 Å². The van der Waals surface area contributed by atoms with Gasteiger partial charge in [0.1, 0.15) is 5.52 Å². The summed E-state index contributed by atoms with van der Waals surface area (Å²) in [5, 5.41) is 7.26. The molecule has 11 heavy (non-hydrogen) atoms. The molecule has 0 aliphatic carbocycles. The molecule has 0 aromatic carbocycles. The van der Waals surface area contributed by atoms with E-state index in [0.717, 1.165) is 5.52 Å². The van der Waals surface area contributed by atoms with E-state index in [4.69, 9.17) is 5.73 Å². The van der Waals surface area contributed by atoms with Gasteiger partial charge in [-0.25, -0.2) is 4.98 Å². The van der Waals surface area contributed by atoms with Crippen molar-refractivity contribution >= 4 is 29.3 Å². The largest absolute Gasteiger partial charge is 0.380 e. The Balaban J connectivity index is 0.000000605. The molecule has 0 aliphatic heterocycles. The predicted molar refractivity (Wildman–Crippen MR) is 43.3 cm³/mol. The van der Waals surface area contributed by atoms with Gasteiger partial charge in [0.25, 0.3) is 0 Å². The molecular formula is C5H6ClN5. The highest BCUT2D eigenvalue weighted by molar-refractivity contribution is 5.85. The van der Waals surface area contributed by atoms with Crippen molar-refractivity contribution < 1.29 is 0 Å². The van der Waals surface area contributed by atoms with Crippen LogP contribution in [0.1, 0.15) is 0 Å². The standard InChI is InChI=1S/C5H5N5.ClH/c6-5-4-3(1-9-10-5)7-2-8-4;/h1-2H,(H2,6,10)(H,7,8);1H. The van der Waals surface area contributed by atoms with Gasteiger partial charge in [0, 0.05) is 0 Å². The molecule has 0 unspecified atom stereocenters. The lowest BCUT2D eigenvalue weighted by atomic mass is 10.4. The van der Waals surface area contributed by atoms with E-state index in [1.165, 1.54) is 0 Å². The topological polar surface area (TPSA) is 80.5 Å². The van der Waals surface area contributed by atoms with Crippen molar-refractivity contribution in [1.29, 1.82) is 0 Å². The number of nitrogens with two attached hydrogens (primary N) is 1. The lowest BCUT2D eigenvalue weighted by molar-refractivity contribution is 1.06. The molecule has 2 heterocycles. The molecule has 0 saturated heterocycles. The zero-order valence-electron chi connectivity index (χ0n) is 5.48. The van der Waals surface area contributed by atoms with Crippen LogP contribution in [-0.4, -0.2) is 20.2 Å². The van der Waals surface area contributed by atoms with Crippen LogP contribution < -0.4 is 5.73 Å². The van der Waals surface area contributed by atoms with Crippen LogP contribution in [0.3, 0.4) is 0 Å². The van der Waals surface area contributed by atoms with E-state index in [-0.39, 0.29) is 12.4 Å². The summed E-state index contributed by atoms with van der Waals surface area (Å²) in [6, 6.07) is 0. The van der Waals surface area contributed by atoms with Crippen molar-refractivity contribution in [3.8, 4) is 0 Å². The second kappa shape index (κ2) is 2.71. The molecule has 0 saturated carbocycles. The number of nitrogens with zero attached hydrogens (tertiary/aromatic N) is 3. The minimum atomic E-state index is 0. The predicted octanol–water partition coefficient (Wildman–Crippen LogP) is 0.357. The molecule has 6 heteroatoms. The average molecular weight is 172 g/mol. The van der Waals surface area contributed by atoms with Gasteiger partial charge >= 0.3 is 0 Å². The monoisotopic (exact) mass is 171 g/mol. The van der Waals surface area contributed by atoms with Crippen molar-refractivity contribution in [3.63, 3.8) is 0 Å². The summed E-state index contributed by atoms with van der Waals surface area (Å²) in [4.78, 5) is 6.80. The number of nitrogens with one attached hydrogen (secondary N) is 1. The molecule has 5 nitrogen and oxygen atoms in total. The molecule has 2 aromatic heterocycles. The van der Waals surface area contributed by atoms with E-state index in [0.29, 0.717) is 11.3 Å². The van der Waals surface area contributed by atoms with Crippen molar-refractivity contribution in [2.45, 2.75) is 0 Å². The molecular weight excluding hydrogens is 166 g/mol. The Kier molecular flexibility index (Phi) is 1.91. The van der Waals surface area contributed by atoms with Gasteiger partial charge < -0.3 is 10.7 Å². The first-order chi connectivity index (χ1) is 4.88. The van der Waals surface area contributed by atoms with E-state index >= 15 is 0 Å². The summed E-state index contributed by atoms with van der Waals surface area (Å²) in [6.07, 6.45) is 3.14. The summed E-state index contributed by atoms with van der Waals surface area (Å²) >= 11 is 0. The summed E-state index contributed by atoms with van der Waals surface area (Å²) in [5.74, 6) is 0.360. The maximum absolute atomic E-state index is 5.44. The number of aromatic nitrogens is 4. The maximum Gasteiger partial charge on any atom is 0.174 e. The SMILES string of the molecule is Cl.Nc1nncc2[nH]cnc12. The highest BCUT2D eigenvalue weighted by Gasteiger charge is 1.99. The fourth-order valence-electron chi connectivity index (χ4n) is 0.803. The average Bonchev–Trinajstić information content (AvgIpc) is 2.36. The van der Waals surface area contributed by atoms with Crippen LogP contribution >= 0.6 is 12.4 Å². The number of nitrogen functional groups attached to an aromatic ring is 1. The quantitative estimate of drug-likeness (QED) is 0.600. The molecule has 3 N–H and O–H groups in total. The number of fused-ring (bicyclic) bond motifs is 1. The van der Waals surface area contributed by atoms with Crippen molar-refractivity contribution in [2.24, 2.45) is 0 Å². The highest BCUT2D eigenvalue weighted by atomic mass is 35.5. The van der Waals surface area contributed by atoms with Crippen molar-refractivity contribution in [2.75, 3.05) is 5.73 Å². The number of hydrogen-bond donors (Lipinski definition) is 2. The first-order valence-electron chi connectivity index (χ1n) is 2.78. The van der Waals surface area contributed by atoms with Crippen LogP contribution in [0.25, 0.3) is 11.0 Å². The van der Waals surface area contributed by atoms with Crippen LogP contribution in [0.5, 0.6) is 0 Å². The number of aromatic amines is 1. The molecule has 0 spiro atoms. The number of imidazole rings is 1. The van der Waals surface area contributed by atoms with Crippen LogP contribution in [0.4, 0.5) is 5.82 Å². The Morgan fingerprint density at radius 3 is 3.00 bits per heavy atom. The lowest BCUT2D eigenvalue weighted by Crippen LogP contribution is -1.92. The maximum atomic E-state index is 5.44.